The summed E-state index contributed by atoms with van der Waals surface area (Å²) in [5.74, 6) is 1.69. The molecule has 0 bridgehead atoms. The van der Waals surface area contributed by atoms with E-state index in [-0.39, 0.29) is 5.91 Å². The average Bonchev–Trinajstić information content (AvgIpc) is 3.22. The van der Waals surface area contributed by atoms with E-state index < -0.39 is 0 Å². The second-order valence-corrected chi connectivity index (χ2v) is 6.16. The number of benzene rings is 1. The molecule has 24 heavy (non-hydrogen) atoms. The van der Waals surface area contributed by atoms with Crippen LogP contribution in [0.2, 0.25) is 10.0 Å². The van der Waals surface area contributed by atoms with Gasteiger partial charge in [0.1, 0.15) is 0 Å². The molecule has 0 unspecified atom stereocenters. The highest BCUT2D eigenvalue weighted by Gasteiger charge is 2.27. The monoisotopic (exact) mass is 363 g/mol. The van der Waals surface area contributed by atoms with Crippen molar-refractivity contribution >= 4 is 29.1 Å². The maximum Gasteiger partial charge on any atom is 0.255 e. The first-order chi connectivity index (χ1) is 11.6. The fraction of sp³-hybridized carbons (Fsp3) is 0.200. The lowest BCUT2D eigenvalue weighted by Gasteiger charge is -2.28. The van der Waals surface area contributed by atoms with Crippen molar-refractivity contribution in [2.24, 2.45) is 0 Å². The molecule has 0 spiro atoms. The number of amides is 1. The molecular weight excluding hydrogens is 353 g/mol. The summed E-state index contributed by atoms with van der Waals surface area (Å²) in [5.41, 5.74) is 0.421. The molecule has 2 aromatic heterocycles. The molecule has 0 N–H and O–H groups in total. The number of carbonyl (C=O) groups is 1. The maximum absolute atomic E-state index is 12.7. The van der Waals surface area contributed by atoms with Crippen molar-refractivity contribution in [2.45, 2.75) is 13.1 Å². The van der Waals surface area contributed by atoms with Gasteiger partial charge in [0, 0.05) is 24.2 Å². The zero-order valence-electron chi connectivity index (χ0n) is 12.3. The summed E-state index contributed by atoms with van der Waals surface area (Å²) in [7, 11) is 0. The fourth-order valence-electron chi connectivity index (χ4n) is 2.68. The SMILES string of the molecule is O=C(c1ccc(Cl)cc1Cl)N1CCn2c(nnc2-c2ccno2)C1. The first kappa shape index (κ1) is 15.2. The molecule has 0 saturated heterocycles. The Balaban J connectivity index is 1.60. The minimum atomic E-state index is -0.160. The van der Waals surface area contributed by atoms with Gasteiger partial charge < -0.3 is 14.0 Å². The third-order valence-electron chi connectivity index (χ3n) is 3.86. The lowest BCUT2D eigenvalue weighted by atomic mass is 10.2. The van der Waals surface area contributed by atoms with Crippen LogP contribution < -0.4 is 0 Å². The lowest BCUT2D eigenvalue weighted by Crippen LogP contribution is -2.38. The van der Waals surface area contributed by atoms with Crippen molar-refractivity contribution in [1.29, 1.82) is 0 Å². The predicted octanol–water partition coefficient (Wildman–Crippen LogP) is 2.90. The van der Waals surface area contributed by atoms with E-state index in [9.17, 15) is 4.79 Å². The topological polar surface area (TPSA) is 77.1 Å². The van der Waals surface area contributed by atoms with Gasteiger partial charge in [-0.15, -0.1) is 10.2 Å². The van der Waals surface area contributed by atoms with E-state index in [2.05, 4.69) is 15.4 Å². The summed E-state index contributed by atoms with van der Waals surface area (Å²) in [6, 6.07) is 6.56. The van der Waals surface area contributed by atoms with Crippen LogP contribution >= 0.6 is 23.2 Å². The molecule has 0 aliphatic carbocycles. The van der Waals surface area contributed by atoms with E-state index in [0.29, 0.717) is 52.7 Å². The Morgan fingerprint density at radius 3 is 2.79 bits per heavy atom. The molecule has 0 radical (unpaired) electrons. The molecule has 1 aromatic carbocycles. The molecule has 3 heterocycles. The van der Waals surface area contributed by atoms with Gasteiger partial charge in [-0.3, -0.25) is 4.79 Å². The van der Waals surface area contributed by atoms with Crippen molar-refractivity contribution in [1.82, 2.24) is 24.8 Å². The molecule has 0 saturated carbocycles. The average molecular weight is 364 g/mol. The Kier molecular flexibility index (Phi) is 3.74. The molecule has 7 nitrogen and oxygen atoms in total. The third kappa shape index (κ3) is 2.55. The number of nitrogens with zero attached hydrogens (tertiary/aromatic N) is 5. The Hall–Kier alpha value is -2.38. The van der Waals surface area contributed by atoms with Gasteiger partial charge in [-0.25, -0.2) is 0 Å². The van der Waals surface area contributed by atoms with Crippen LogP contribution in [0.15, 0.2) is 35.0 Å². The summed E-state index contributed by atoms with van der Waals surface area (Å²) in [4.78, 5) is 14.4. The zero-order chi connectivity index (χ0) is 16.7. The molecule has 122 valence electrons. The van der Waals surface area contributed by atoms with Gasteiger partial charge in [0.15, 0.2) is 5.82 Å². The van der Waals surface area contributed by atoms with Crippen molar-refractivity contribution in [3.8, 4) is 11.6 Å². The highest BCUT2D eigenvalue weighted by Crippen LogP contribution is 2.25. The summed E-state index contributed by atoms with van der Waals surface area (Å²) in [5, 5.41) is 12.8. The van der Waals surface area contributed by atoms with Crippen molar-refractivity contribution in [2.75, 3.05) is 6.54 Å². The maximum atomic E-state index is 12.7. The molecular formula is C15H11Cl2N5O2. The largest absolute Gasteiger partial charge is 0.353 e. The smallest absolute Gasteiger partial charge is 0.255 e. The second-order valence-electron chi connectivity index (χ2n) is 5.32. The number of aromatic nitrogens is 4. The molecule has 9 heteroatoms. The van der Waals surface area contributed by atoms with Crippen molar-refractivity contribution in [3.05, 3.63) is 51.9 Å². The number of fused-ring (bicyclic) bond motifs is 1. The van der Waals surface area contributed by atoms with Crippen LogP contribution in [-0.2, 0) is 13.1 Å². The summed E-state index contributed by atoms with van der Waals surface area (Å²) in [6.07, 6.45) is 1.55. The van der Waals surface area contributed by atoms with Crippen LogP contribution in [0.4, 0.5) is 0 Å². The first-order valence-corrected chi connectivity index (χ1v) is 7.96. The van der Waals surface area contributed by atoms with Gasteiger partial charge in [-0.05, 0) is 18.2 Å². The minimum Gasteiger partial charge on any atom is -0.353 e. The van der Waals surface area contributed by atoms with Crippen LogP contribution in [0.25, 0.3) is 11.6 Å². The molecule has 0 atom stereocenters. The van der Waals surface area contributed by atoms with Crippen LogP contribution in [-0.4, -0.2) is 37.3 Å². The van der Waals surface area contributed by atoms with Crippen molar-refractivity contribution < 1.29 is 9.32 Å². The van der Waals surface area contributed by atoms with Gasteiger partial charge in [0.05, 0.1) is 23.3 Å². The third-order valence-corrected chi connectivity index (χ3v) is 4.41. The van der Waals surface area contributed by atoms with Crippen molar-refractivity contribution in [3.63, 3.8) is 0 Å². The lowest BCUT2D eigenvalue weighted by molar-refractivity contribution is 0.0708. The Bertz CT molecular complexity index is 907. The number of rotatable bonds is 2. The highest BCUT2D eigenvalue weighted by atomic mass is 35.5. The number of hydrogen-bond acceptors (Lipinski definition) is 5. The quantitative estimate of drug-likeness (QED) is 0.699. The standard InChI is InChI=1S/C15H11Cl2N5O2/c16-9-1-2-10(11(17)7-9)15(23)21-5-6-22-13(8-21)19-20-14(22)12-3-4-18-24-12/h1-4,7H,5-6,8H2. The van der Waals surface area contributed by atoms with E-state index in [0.717, 1.165) is 0 Å². The molecule has 0 fully saturated rings. The van der Waals surface area contributed by atoms with Gasteiger partial charge in [-0.2, -0.15) is 0 Å². The number of hydrogen-bond donors (Lipinski definition) is 0. The molecule has 1 aliphatic rings. The van der Waals surface area contributed by atoms with E-state index in [1.165, 1.54) is 0 Å². The number of halogens is 2. The fourth-order valence-corrected chi connectivity index (χ4v) is 3.17. The normalized spacial score (nSPS) is 13.8. The van der Waals surface area contributed by atoms with Crippen LogP contribution in [0.3, 0.4) is 0 Å². The summed E-state index contributed by atoms with van der Waals surface area (Å²) < 4.78 is 7.06. The van der Waals surface area contributed by atoms with Crippen LogP contribution in [0.1, 0.15) is 16.2 Å². The van der Waals surface area contributed by atoms with Crippen LogP contribution in [0.5, 0.6) is 0 Å². The molecule has 1 aliphatic heterocycles. The zero-order valence-corrected chi connectivity index (χ0v) is 13.8. The van der Waals surface area contributed by atoms with E-state index >= 15 is 0 Å². The highest BCUT2D eigenvalue weighted by molar-refractivity contribution is 6.36. The van der Waals surface area contributed by atoms with Crippen LogP contribution in [0, 0.1) is 0 Å². The predicted molar refractivity (Wildman–Crippen MR) is 86.7 cm³/mol. The second kappa shape index (κ2) is 5.92. The molecule has 3 aromatic rings. The summed E-state index contributed by atoms with van der Waals surface area (Å²) in [6.45, 7) is 1.43. The Morgan fingerprint density at radius 2 is 2.04 bits per heavy atom. The van der Waals surface area contributed by atoms with Gasteiger partial charge in [0.2, 0.25) is 11.6 Å². The van der Waals surface area contributed by atoms with E-state index in [1.54, 1.807) is 35.4 Å². The van der Waals surface area contributed by atoms with Gasteiger partial charge >= 0.3 is 0 Å². The summed E-state index contributed by atoms with van der Waals surface area (Å²) >= 11 is 12.0. The van der Waals surface area contributed by atoms with E-state index in [4.69, 9.17) is 27.7 Å². The first-order valence-electron chi connectivity index (χ1n) is 7.21. The Morgan fingerprint density at radius 1 is 1.17 bits per heavy atom. The van der Waals surface area contributed by atoms with Gasteiger partial charge in [0.25, 0.3) is 5.91 Å². The Labute approximate surface area is 146 Å². The minimum absolute atomic E-state index is 0.160. The number of carbonyl (C=O) groups excluding carboxylic acids is 1. The molecule has 1 amide bonds. The van der Waals surface area contributed by atoms with E-state index in [1.807, 2.05) is 4.57 Å². The molecule has 4 rings (SSSR count). The van der Waals surface area contributed by atoms with Gasteiger partial charge in [-0.1, -0.05) is 28.4 Å².